The summed E-state index contributed by atoms with van der Waals surface area (Å²) < 4.78 is 18.6. The van der Waals surface area contributed by atoms with Crippen LogP contribution in [0.4, 0.5) is 4.39 Å². The minimum Gasteiger partial charge on any atom is -0.375 e. The summed E-state index contributed by atoms with van der Waals surface area (Å²) in [4.78, 5) is 13.2. The third-order valence-electron chi connectivity index (χ3n) is 4.58. The monoisotopic (exact) mass is 407 g/mol. The minimum absolute atomic E-state index is 0.00180. The lowest BCUT2D eigenvalue weighted by atomic mass is 10.1. The molecule has 28 heavy (non-hydrogen) atoms. The number of hydrogen-bond donors (Lipinski definition) is 1. The molecule has 1 aromatic carbocycles. The number of nitrogens with zero attached hydrogens (tertiary/aromatic N) is 4. The van der Waals surface area contributed by atoms with Gasteiger partial charge in [0.25, 0.3) is 0 Å². The number of aromatic nitrogens is 1. The van der Waals surface area contributed by atoms with Crippen molar-refractivity contribution < 1.29 is 9.13 Å². The van der Waals surface area contributed by atoms with Crippen molar-refractivity contribution in [3.8, 4) is 0 Å². The number of benzene rings is 1. The highest BCUT2D eigenvalue weighted by molar-refractivity contribution is 7.09. The lowest BCUT2D eigenvalue weighted by molar-refractivity contribution is 0.119. The van der Waals surface area contributed by atoms with E-state index in [0.29, 0.717) is 13.1 Å². The molecule has 0 saturated heterocycles. The molecule has 0 bridgehead atoms. The normalized spacial score (nSPS) is 14.2. The molecule has 2 aromatic rings. The van der Waals surface area contributed by atoms with Crippen molar-refractivity contribution in [3.05, 3.63) is 51.7 Å². The number of guanidine groups is 1. The number of thiazole rings is 1. The molecule has 0 saturated carbocycles. The molecule has 0 amide bonds. The third kappa shape index (κ3) is 5.98. The fourth-order valence-electron chi connectivity index (χ4n) is 2.86. The minimum atomic E-state index is -0.227. The summed E-state index contributed by atoms with van der Waals surface area (Å²) in [5, 5.41) is 6.44. The SMILES string of the molecule is CN=C(NCC(c1ccc(F)cc1)N(C)C)N(C)Cc1csc(C(C)OC)n1. The quantitative estimate of drug-likeness (QED) is 0.538. The van der Waals surface area contributed by atoms with Gasteiger partial charge in [-0.15, -0.1) is 11.3 Å². The molecule has 0 aliphatic heterocycles. The van der Waals surface area contributed by atoms with E-state index in [0.717, 1.165) is 22.2 Å². The van der Waals surface area contributed by atoms with Crippen LogP contribution in [0.3, 0.4) is 0 Å². The van der Waals surface area contributed by atoms with Gasteiger partial charge in [-0.05, 0) is 38.7 Å². The van der Waals surface area contributed by atoms with E-state index in [1.165, 1.54) is 12.1 Å². The van der Waals surface area contributed by atoms with Crippen molar-refractivity contribution in [3.63, 3.8) is 0 Å². The maximum Gasteiger partial charge on any atom is 0.193 e. The molecule has 1 N–H and O–H groups in total. The van der Waals surface area contributed by atoms with Gasteiger partial charge < -0.3 is 19.9 Å². The number of halogens is 1. The van der Waals surface area contributed by atoms with E-state index in [4.69, 9.17) is 4.74 Å². The molecule has 2 atom stereocenters. The first kappa shape index (κ1) is 22.3. The highest BCUT2D eigenvalue weighted by atomic mass is 32.1. The van der Waals surface area contributed by atoms with E-state index in [2.05, 4.69) is 25.6 Å². The van der Waals surface area contributed by atoms with Crippen molar-refractivity contribution in [1.82, 2.24) is 20.1 Å². The molecule has 2 rings (SSSR count). The Balaban J connectivity index is 2.00. The first-order valence-corrected chi connectivity index (χ1v) is 10.0. The average molecular weight is 408 g/mol. The molecule has 1 heterocycles. The zero-order chi connectivity index (χ0) is 20.7. The number of hydrogen-bond acceptors (Lipinski definition) is 5. The summed E-state index contributed by atoms with van der Waals surface area (Å²) in [5.74, 6) is 0.554. The van der Waals surface area contributed by atoms with Crippen LogP contribution in [0.25, 0.3) is 0 Å². The number of methoxy groups -OCH3 is 1. The highest BCUT2D eigenvalue weighted by Gasteiger charge is 2.17. The zero-order valence-corrected chi connectivity index (χ0v) is 18.3. The summed E-state index contributed by atoms with van der Waals surface area (Å²) in [6.45, 7) is 3.29. The van der Waals surface area contributed by atoms with Gasteiger partial charge in [0, 0.05) is 33.1 Å². The van der Waals surface area contributed by atoms with Crippen LogP contribution in [0, 0.1) is 5.82 Å². The topological polar surface area (TPSA) is 53.0 Å². The number of ether oxygens (including phenoxy) is 1. The number of likely N-dealkylation sites (N-methyl/N-ethyl adjacent to an activating group) is 1. The van der Waals surface area contributed by atoms with Crippen molar-refractivity contribution in [1.29, 1.82) is 0 Å². The highest BCUT2D eigenvalue weighted by Crippen LogP contribution is 2.21. The van der Waals surface area contributed by atoms with Gasteiger partial charge in [-0.2, -0.15) is 0 Å². The largest absolute Gasteiger partial charge is 0.375 e. The fourth-order valence-corrected chi connectivity index (χ4v) is 3.70. The Morgan fingerprint density at radius 1 is 1.29 bits per heavy atom. The van der Waals surface area contributed by atoms with Crippen LogP contribution in [0.15, 0.2) is 34.6 Å². The Kier molecular flexibility index (Phi) is 8.35. The fraction of sp³-hybridized carbons (Fsp3) is 0.500. The second kappa shape index (κ2) is 10.5. The number of rotatable bonds is 8. The lowest BCUT2D eigenvalue weighted by Gasteiger charge is -2.28. The van der Waals surface area contributed by atoms with E-state index in [-0.39, 0.29) is 18.0 Å². The molecule has 0 aliphatic rings. The molecular weight excluding hydrogens is 377 g/mol. The summed E-state index contributed by atoms with van der Waals surface area (Å²) in [6, 6.07) is 6.73. The third-order valence-corrected chi connectivity index (χ3v) is 5.63. The maximum absolute atomic E-state index is 13.2. The molecule has 0 spiro atoms. The summed E-state index contributed by atoms with van der Waals surface area (Å²) in [7, 11) is 9.45. The number of nitrogens with one attached hydrogen (secondary N) is 1. The van der Waals surface area contributed by atoms with Gasteiger partial charge in [0.2, 0.25) is 0 Å². The molecule has 8 heteroatoms. The smallest absolute Gasteiger partial charge is 0.193 e. The van der Waals surface area contributed by atoms with Gasteiger partial charge in [-0.3, -0.25) is 4.99 Å². The van der Waals surface area contributed by atoms with Crippen molar-refractivity contribution in [2.45, 2.75) is 25.6 Å². The molecular formula is C20H30FN5OS. The summed E-state index contributed by atoms with van der Waals surface area (Å²) in [5.41, 5.74) is 2.03. The van der Waals surface area contributed by atoms with Crippen molar-refractivity contribution in [2.24, 2.45) is 4.99 Å². The first-order valence-electron chi connectivity index (χ1n) is 9.16. The predicted octanol–water partition coefficient (Wildman–Crippen LogP) is 3.30. The maximum atomic E-state index is 13.2. The van der Waals surface area contributed by atoms with Crippen LogP contribution in [-0.2, 0) is 11.3 Å². The molecule has 0 radical (unpaired) electrons. The summed E-state index contributed by atoms with van der Waals surface area (Å²) in [6.07, 6.45) is -0.00180. The number of aliphatic imine (C=N–C) groups is 1. The van der Waals surface area contributed by atoms with Crippen LogP contribution in [0.1, 0.15) is 35.3 Å². The van der Waals surface area contributed by atoms with Crippen LogP contribution < -0.4 is 5.32 Å². The standard InChI is InChI=1S/C20H30FN5OS/c1-14(27-6)19-24-17(13-28-19)12-26(5)20(22-2)23-11-18(25(3)4)15-7-9-16(21)10-8-15/h7-10,13-14,18H,11-12H2,1-6H3,(H,22,23). The van der Waals surface area contributed by atoms with E-state index in [1.54, 1.807) is 25.5 Å². The van der Waals surface area contributed by atoms with E-state index in [1.807, 2.05) is 45.1 Å². The second-order valence-electron chi connectivity index (χ2n) is 6.87. The van der Waals surface area contributed by atoms with Crippen molar-refractivity contribution in [2.75, 3.05) is 41.8 Å². The van der Waals surface area contributed by atoms with E-state index >= 15 is 0 Å². The predicted molar refractivity (Wildman–Crippen MR) is 113 cm³/mol. The Labute approximate surface area is 171 Å². The lowest BCUT2D eigenvalue weighted by Crippen LogP contribution is -2.42. The van der Waals surface area contributed by atoms with Crippen LogP contribution in [0.2, 0.25) is 0 Å². The Hall–Kier alpha value is -2.03. The van der Waals surface area contributed by atoms with Crippen molar-refractivity contribution >= 4 is 17.3 Å². The summed E-state index contributed by atoms with van der Waals surface area (Å²) >= 11 is 1.60. The zero-order valence-electron chi connectivity index (χ0n) is 17.4. The van der Waals surface area contributed by atoms with Crippen LogP contribution in [0.5, 0.6) is 0 Å². The van der Waals surface area contributed by atoms with Gasteiger partial charge in [0.15, 0.2) is 5.96 Å². The molecule has 154 valence electrons. The average Bonchev–Trinajstić information content (AvgIpc) is 3.13. The first-order chi connectivity index (χ1) is 13.3. The molecule has 6 nitrogen and oxygen atoms in total. The van der Waals surface area contributed by atoms with Gasteiger partial charge in [-0.1, -0.05) is 12.1 Å². The van der Waals surface area contributed by atoms with Gasteiger partial charge in [-0.25, -0.2) is 9.37 Å². The molecule has 2 unspecified atom stereocenters. The molecule has 0 fully saturated rings. The second-order valence-corrected chi connectivity index (χ2v) is 7.76. The van der Waals surface area contributed by atoms with Gasteiger partial charge in [0.05, 0.1) is 18.3 Å². The van der Waals surface area contributed by atoms with Crippen LogP contribution >= 0.6 is 11.3 Å². The van der Waals surface area contributed by atoms with E-state index < -0.39 is 0 Å². The van der Waals surface area contributed by atoms with E-state index in [9.17, 15) is 4.39 Å². The Morgan fingerprint density at radius 3 is 2.54 bits per heavy atom. The molecule has 0 aliphatic carbocycles. The molecule has 1 aromatic heterocycles. The van der Waals surface area contributed by atoms with Crippen LogP contribution in [-0.4, -0.2) is 62.6 Å². The van der Waals surface area contributed by atoms with Gasteiger partial charge >= 0.3 is 0 Å². The Morgan fingerprint density at radius 2 is 1.96 bits per heavy atom. The Bertz CT molecular complexity index is 762. The van der Waals surface area contributed by atoms with Gasteiger partial charge in [0.1, 0.15) is 16.9 Å².